The first-order valence-corrected chi connectivity index (χ1v) is 5.64. The lowest BCUT2D eigenvalue weighted by Crippen LogP contribution is -2.10. The van der Waals surface area contributed by atoms with Crippen molar-refractivity contribution >= 4 is 17.6 Å². The SMILES string of the molecule is COC(=O)/C(C#N)=C1\OC(=O)C=C1Nc1ccccc1. The number of carbonyl (C=O) groups excluding carboxylic acids is 2. The second-order valence-electron chi connectivity index (χ2n) is 3.78. The monoisotopic (exact) mass is 270 g/mol. The van der Waals surface area contributed by atoms with E-state index in [1.807, 2.05) is 6.07 Å². The maximum absolute atomic E-state index is 11.5. The molecule has 0 fully saturated rings. The summed E-state index contributed by atoms with van der Waals surface area (Å²) in [6, 6.07) is 10.7. The number of hydrogen-bond donors (Lipinski definition) is 1. The van der Waals surface area contributed by atoms with Crippen molar-refractivity contribution in [3.8, 4) is 6.07 Å². The number of nitrogens with one attached hydrogen (secondary N) is 1. The van der Waals surface area contributed by atoms with Crippen molar-refractivity contribution in [2.24, 2.45) is 0 Å². The first-order chi connectivity index (χ1) is 9.65. The fourth-order valence-corrected chi connectivity index (χ4v) is 1.62. The minimum absolute atomic E-state index is 0.131. The van der Waals surface area contributed by atoms with Gasteiger partial charge in [0.2, 0.25) is 0 Å². The lowest BCUT2D eigenvalue weighted by atomic mass is 10.2. The van der Waals surface area contributed by atoms with Crippen LogP contribution in [0.2, 0.25) is 0 Å². The average Bonchev–Trinajstić information content (AvgIpc) is 2.81. The third-order valence-electron chi connectivity index (χ3n) is 2.49. The molecular formula is C14H10N2O4. The van der Waals surface area contributed by atoms with E-state index in [0.717, 1.165) is 7.11 Å². The summed E-state index contributed by atoms with van der Waals surface area (Å²) in [5, 5.41) is 11.9. The lowest BCUT2D eigenvalue weighted by molar-refractivity contribution is -0.136. The number of nitrogens with zero attached hydrogens (tertiary/aromatic N) is 1. The third kappa shape index (κ3) is 2.67. The van der Waals surface area contributed by atoms with Crippen molar-refractivity contribution in [1.29, 1.82) is 5.26 Å². The topological polar surface area (TPSA) is 88.4 Å². The smallest absolute Gasteiger partial charge is 0.352 e. The molecule has 0 spiro atoms. The van der Waals surface area contributed by atoms with Crippen LogP contribution in [0.25, 0.3) is 0 Å². The summed E-state index contributed by atoms with van der Waals surface area (Å²) in [6.07, 6.45) is 1.17. The summed E-state index contributed by atoms with van der Waals surface area (Å²) < 4.78 is 9.37. The van der Waals surface area contributed by atoms with Crippen molar-refractivity contribution < 1.29 is 19.1 Å². The number of esters is 2. The van der Waals surface area contributed by atoms with Crippen LogP contribution in [0, 0.1) is 11.3 Å². The Bertz CT molecular complexity index is 654. The molecule has 0 amide bonds. The van der Waals surface area contributed by atoms with E-state index >= 15 is 0 Å². The Kier molecular flexibility index (Phi) is 3.82. The van der Waals surface area contributed by atoms with Gasteiger partial charge in [-0.15, -0.1) is 0 Å². The quantitative estimate of drug-likeness (QED) is 0.508. The van der Waals surface area contributed by atoms with Gasteiger partial charge in [-0.2, -0.15) is 5.26 Å². The number of ether oxygens (including phenoxy) is 2. The Morgan fingerprint density at radius 1 is 1.35 bits per heavy atom. The molecule has 6 nitrogen and oxygen atoms in total. The van der Waals surface area contributed by atoms with Gasteiger partial charge in [0.1, 0.15) is 6.07 Å². The van der Waals surface area contributed by atoms with Crippen LogP contribution in [0.15, 0.2) is 53.4 Å². The van der Waals surface area contributed by atoms with E-state index in [9.17, 15) is 9.59 Å². The summed E-state index contributed by atoms with van der Waals surface area (Å²) in [6.45, 7) is 0. The van der Waals surface area contributed by atoms with Gasteiger partial charge in [-0.25, -0.2) is 9.59 Å². The number of nitriles is 1. The number of cyclic esters (lactones) is 1. The molecule has 0 atom stereocenters. The Morgan fingerprint density at radius 3 is 2.65 bits per heavy atom. The first kappa shape index (κ1) is 13.4. The van der Waals surface area contributed by atoms with Gasteiger partial charge in [0, 0.05) is 5.69 Å². The van der Waals surface area contributed by atoms with Crippen LogP contribution in [0.4, 0.5) is 5.69 Å². The van der Waals surface area contributed by atoms with Gasteiger partial charge in [0.25, 0.3) is 0 Å². The van der Waals surface area contributed by atoms with Gasteiger partial charge in [0.15, 0.2) is 11.3 Å². The van der Waals surface area contributed by atoms with E-state index in [1.165, 1.54) is 6.08 Å². The van der Waals surface area contributed by atoms with Crippen LogP contribution >= 0.6 is 0 Å². The summed E-state index contributed by atoms with van der Waals surface area (Å²) in [7, 11) is 1.14. The highest BCUT2D eigenvalue weighted by Gasteiger charge is 2.28. The van der Waals surface area contributed by atoms with E-state index < -0.39 is 11.9 Å². The normalized spacial score (nSPS) is 15.8. The van der Waals surface area contributed by atoms with Gasteiger partial charge in [-0.1, -0.05) is 18.2 Å². The number of hydrogen-bond acceptors (Lipinski definition) is 6. The lowest BCUT2D eigenvalue weighted by Gasteiger charge is -2.09. The highest BCUT2D eigenvalue weighted by Crippen LogP contribution is 2.25. The van der Waals surface area contributed by atoms with E-state index in [2.05, 4.69) is 10.1 Å². The van der Waals surface area contributed by atoms with Crippen molar-refractivity contribution in [2.75, 3.05) is 12.4 Å². The fourth-order valence-electron chi connectivity index (χ4n) is 1.62. The number of anilines is 1. The molecule has 0 aromatic heterocycles. The van der Waals surface area contributed by atoms with Crippen LogP contribution < -0.4 is 5.32 Å². The number of para-hydroxylation sites is 1. The van der Waals surface area contributed by atoms with E-state index in [0.29, 0.717) is 5.69 Å². The van der Waals surface area contributed by atoms with Gasteiger partial charge in [0.05, 0.1) is 18.9 Å². The van der Waals surface area contributed by atoms with Crippen molar-refractivity contribution in [3.63, 3.8) is 0 Å². The predicted molar refractivity (Wildman–Crippen MR) is 68.9 cm³/mol. The molecule has 2 rings (SSSR count). The molecule has 1 N–H and O–H groups in total. The van der Waals surface area contributed by atoms with Crippen LogP contribution in [-0.2, 0) is 19.1 Å². The molecular weight excluding hydrogens is 260 g/mol. The summed E-state index contributed by atoms with van der Waals surface area (Å²) >= 11 is 0. The van der Waals surface area contributed by atoms with Crippen molar-refractivity contribution in [2.45, 2.75) is 0 Å². The molecule has 6 heteroatoms. The van der Waals surface area contributed by atoms with Crippen LogP contribution in [0.5, 0.6) is 0 Å². The first-order valence-electron chi connectivity index (χ1n) is 5.64. The minimum Gasteiger partial charge on any atom is -0.465 e. The van der Waals surface area contributed by atoms with Gasteiger partial charge >= 0.3 is 11.9 Å². The molecule has 0 aliphatic carbocycles. The summed E-state index contributed by atoms with van der Waals surface area (Å²) in [5.74, 6) is -1.65. The van der Waals surface area contributed by atoms with Crippen LogP contribution in [-0.4, -0.2) is 19.0 Å². The molecule has 100 valence electrons. The molecule has 0 radical (unpaired) electrons. The maximum Gasteiger partial charge on any atom is 0.352 e. The molecule has 1 aliphatic rings. The highest BCUT2D eigenvalue weighted by atomic mass is 16.5. The van der Waals surface area contributed by atoms with Gasteiger partial charge < -0.3 is 14.8 Å². The van der Waals surface area contributed by atoms with E-state index in [-0.39, 0.29) is 17.0 Å². The maximum atomic E-state index is 11.5. The van der Waals surface area contributed by atoms with Crippen molar-refractivity contribution in [1.82, 2.24) is 0 Å². The van der Waals surface area contributed by atoms with Crippen LogP contribution in [0.3, 0.4) is 0 Å². The zero-order valence-electron chi connectivity index (χ0n) is 10.5. The number of carbonyl (C=O) groups is 2. The average molecular weight is 270 g/mol. The molecule has 1 aromatic carbocycles. The Hall–Kier alpha value is -3.07. The summed E-state index contributed by atoms with van der Waals surface area (Å²) in [5.41, 5.74) is 0.563. The zero-order chi connectivity index (χ0) is 14.5. The molecule has 0 saturated carbocycles. The van der Waals surface area contributed by atoms with Gasteiger partial charge in [-0.3, -0.25) is 0 Å². The molecule has 0 saturated heterocycles. The molecule has 1 heterocycles. The minimum atomic E-state index is -0.863. The fraction of sp³-hybridized carbons (Fsp3) is 0.0714. The number of rotatable bonds is 3. The van der Waals surface area contributed by atoms with E-state index in [4.69, 9.17) is 10.00 Å². The zero-order valence-corrected chi connectivity index (χ0v) is 10.5. The Labute approximate surface area is 114 Å². The number of benzene rings is 1. The van der Waals surface area contributed by atoms with Crippen molar-refractivity contribution in [3.05, 3.63) is 53.4 Å². The van der Waals surface area contributed by atoms with E-state index in [1.54, 1.807) is 30.3 Å². The second kappa shape index (κ2) is 5.71. The summed E-state index contributed by atoms with van der Waals surface area (Å²) in [4.78, 5) is 22.8. The highest BCUT2D eigenvalue weighted by molar-refractivity contribution is 5.98. The predicted octanol–water partition coefficient (Wildman–Crippen LogP) is 1.49. The Morgan fingerprint density at radius 2 is 2.05 bits per heavy atom. The molecule has 1 aliphatic heterocycles. The molecule has 0 bridgehead atoms. The standard InChI is InChI=1S/C14H10N2O4/c1-19-14(18)10(8-15)13-11(7-12(17)20-13)16-9-5-3-2-4-6-9/h2-7,16H,1H3/b13-10-. The molecule has 0 unspecified atom stereocenters. The van der Waals surface area contributed by atoms with Crippen LogP contribution in [0.1, 0.15) is 0 Å². The molecule has 20 heavy (non-hydrogen) atoms. The number of methoxy groups -OCH3 is 1. The third-order valence-corrected chi connectivity index (χ3v) is 2.49. The van der Waals surface area contributed by atoms with Gasteiger partial charge in [-0.05, 0) is 12.1 Å². The second-order valence-corrected chi connectivity index (χ2v) is 3.78. The Balaban J connectivity index is 2.38. The largest absolute Gasteiger partial charge is 0.465 e. The molecule has 1 aromatic rings.